The molecule has 1 N–H and O–H groups in total. The van der Waals surface area contributed by atoms with Crippen LogP contribution >= 0.6 is 0 Å². The predicted molar refractivity (Wildman–Crippen MR) is 124 cm³/mol. The van der Waals surface area contributed by atoms with E-state index in [0.29, 0.717) is 5.56 Å². The molecule has 9 heteroatoms. The minimum atomic E-state index is -4.04. The average molecular weight is 472 g/mol. The largest absolute Gasteiger partial charge is 0.379 e. The fourth-order valence-corrected chi connectivity index (χ4v) is 5.56. The van der Waals surface area contributed by atoms with Crippen LogP contribution in [0.3, 0.4) is 0 Å². The van der Waals surface area contributed by atoms with Crippen molar-refractivity contribution in [2.24, 2.45) is 0 Å². The van der Waals surface area contributed by atoms with Crippen LogP contribution in [0.5, 0.6) is 0 Å². The highest BCUT2D eigenvalue weighted by atomic mass is 32.2. The van der Waals surface area contributed by atoms with Crippen LogP contribution in [0.15, 0.2) is 53.4 Å². The number of carbonyl (C=O) groups is 1. The normalized spacial score (nSPS) is 14.9. The Bertz CT molecular complexity index is 1310. The summed E-state index contributed by atoms with van der Waals surface area (Å²) in [5, 5.41) is 2.72. The van der Waals surface area contributed by atoms with Crippen LogP contribution in [0.2, 0.25) is 0 Å². The molecule has 3 aromatic rings. The zero-order valence-corrected chi connectivity index (χ0v) is 19.6. The van der Waals surface area contributed by atoms with E-state index in [-0.39, 0.29) is 32.0 Å². The molecule has 1 aliphatic rings. The number of benzene rings is 2. The Labute approximate surface area is 192 Å². The topological polar surface area (TPSA) is 80.6 Å². The molecular formula is C24H26FN3O4S. The Balaban J connectivity index is 1.62. The Morgan fingerprint density at radius 3 is 2.45 bits per heavy atom. The second kappa shape index (κ2) is 9.09. The monoisotopic (exact) mass is 471 g/mol. The van der Waals surface area contributed by atoms with Crippen molar-refractivity contribution < 1.29 is 22.3 Å². The Morgan fingerprint density at radius 2 is 1.76 bits per heavy atom. The summed E-state index contributed by atoms with van der Waals surface area (Å²) >= 11 is 0. The third kappa shape index (κ3) is 4.57. The molecule has 0 atom stereocenters. The van der Waals surface area contributed by atoms with Crippen molar-refractivity contribution >= 4 is 21.6 Å². The lowest BCUT2D eigenvalue weighted by Gasteiger charge is -2.26. The van der Waals surface area contributed by atoms with Gasteiger partial charge in [-0.3, -0.25) is 4.79 Å². The van der Waals surface area contributed by atoms with Gasteiger partial charge in [-0.2, -0.15) is 4.31 Å². The Hall–Kier alpha value is -3.01. The first-order valence-electron chi connectivity index (χ1n) is 10.6. The summed E-state index contributed by atoms with van der Waals surface area (Å²) in [6, 6.07) is 13.3. The van der Waals surface area contributed by atoms with Crippen LogP contribution < -0.4 is 5.32 Å². The number of rotatable bonds is 5. The van der Waals surface area contributed by atoms with Crippen molar-refractivity contribution in [3.8, 4) is 5.69 Å². The number of anilines is 1. The quantitative estimate of drug-likeness (QED) is 0.614. The molecule has 0 spiro atoms. The van der Waals surface area contributed by atoms with Crippen LogP contribution in [-0.2, 0) is 14.8 Å². The average Bonchev–Trinajstić information content (AvgIpc) is 3.09. The SMILES string of the molecule is Cc1cccc(-n2c(C)cc(C(=O)Nc3ccc(F)c(S(=O)(=O)N4CCOCC4)c3)c2C)c1. The first kappa shape index (κ1) is 23.2. The number of hydrogen-bond acceptors (Lipinski definition) is 4. The molecule has 7 nitrogen and oxygen atoms in total. The van der Waals surface area contributed by atoms with E-state index in [2.05, 4.69) is 5.32 Å². The number of sulfonamides is 1. The summed E-state index contributed by atoms with van der Waals surface area (Å²) in [6.45, 7) is 6.59. The zero-order chi connectivity index (χ0) is 23.8. The summed E-state index contributed by atoms with van der Waals surface area (Å²) in [4.78, 5) is 12.6. The van der Waals surface area contributed by atoms with E-state index in [0.717, 1.165) is 34.8 Å². The number of hydrogen-bond donors (Lipinski definition) is 1. The molecule has 1 amide bonds. The minimum Gasteiger partial charge on any atom is -0.379 e. The lowest BCUT2D eigenvalue weighted by atomic mass is 10.2. The fraction of sp³-hybridized carbons (Fsp3) is 0.292. The van der Waals surface area contributed by atoms with Crippen molar-refractivity contribution in [1.29, 1.82) is 0 Å². The lowest BCUT2D eigenvalue weighted by molar-refractivity contribution is 0.0729. The van der Waals surface area contributed by atoms with Crippen molar-refractivity contribution in [3.05, 3.63) is 76.9 Å². The van der Waals surface area contributed by atoms with Crippen molar-refractivity contribution in [1.82, 2.24) is 8.87 Å². The van der Waals surface area contributed by atoms with Crippen LogP contribution in [-0.4, -0.2) is 49.5 Å². The molecule has 33 heavy (non-hydrogen) atoms. The van der Waals surface area contributed by atoms with E-state index in [9.17, 15) is 17.6 Å². The number of morpholine rings is 1. The molecule has 1 aromatic heterocycles. The fourth-order valence-electron chi connectivity index (χ4n) is 4.06. The highest BCUT2D eigenvalue weighted by Gasteiger charge is 2.29. The van der Waals surface area contributed by atoms with E-state index in [4.69, 9.17) is 4.74 Å². The maximum atomic E-state index is 14.5. The number of nitrogens with one attached hydrogen (secondary N) is 1. The highest BCUT2D eigenvalue weighted by Crippen LogP contribution is 2.26. The molecule has 0 saturated carbocycles. The molecular weight excluding hydrogens is 445 g/mol. The summed E-state index contributed by atoms with van der Waals surface area (Å²) in [5.41, 5.74) is 4.34. The number of amides is 1. The minimum absolute atomic E-state index is 0.156. The van der Waals surface area contributed by atoms with Crippen LogP contribution in [0.25, 0.3) is 5.69 Å². The zero-order valence-electron chi connectivity index (χ0n) is 18.8. The molecule has 0 aliphatic carbocycles. The van der Waals surface area contributed by atoms with Crippen LogP contribution in [0.4, 0.5) is 10.1 Å². The van der Waals surface area contributed by atoms with Gasteiger partial charge in [-0.1, -0.05) is 12.1 Å². The number of aromatic nitrogens is 1. The smallest absolute Gasteiger partial charge is 0.257 e. The van der Waals surface area contributed by atoms with Gasteiger partial charge >= 0.3 is 0 Å². The summed E-state index contributed by atoms with van der Waals surface area (Å²) in [6.07, 6.45) is 0. The first-order chi connectivity index (χ1) is 15.7. The number of carbonyl (C=O) groups excluding carboxylic acids is 1. The molecule has 174 valence electrons. The molecule has 0 bridgehead atoms. The van der Waals surface area contributed by atoms with Gasteiger partial charge in [-0.15, -0.1) is 0 Å². The van der Waals surface area contributed by atoms with Gasteiger partial charge in [-0.05, 0) is 62.7 Å². The second-order valence-electron chi connectivity index (χ2n) is 8.08. The van der Waals surface area contributed by atoms with Gasteiger partial charge in [-0.25, -0.2) is 12.8 Å². The van der Waals surface area contributed by atoms with Crippen molar-refractivity contribution in [2.75, 3.05) is 31.6 Å². The molecule has 4 rings (SSSR count). The van der Waals surface area contributed by atoms with Crippen LogP contribution in [0.1, 0.15) is 27.3 Å². The Morgan fingerprint density at radius 1 is 1.03 bits per heavy atom. The number of halogens is 1. The van der Waals surface area contributed by atoms with Gasteiger partial charge in [0.15, 0.2) is 0 Å². The predicted octanol–water partition coefficient (Wildman–Crippen LogP) is 3.81. The van der Waals surface area contributed by atoms with E-state index in [1.165, 1.54) is 10.4 Å². The molecule has 0 unspecified atom stereocenters. The van der Waals surface area contributed by atoms with Crippen molar-refractivity contribution in [2.45, 2.75) is 25.7 Å². The standard InChI is InChI=1S/C24H26FN3O4S/c1-16-5-4-6-20(13-16)28-17(2)14-21(18(28)3)24(29)26-19-7-8-22(25)23(15-19)33(30,31)27-9-11-32-12-10-27/h4-8,13-15H,9-12H2,1-3H3,(H,26,29). The maximum Gasteiger partial charge on any atom is 0.257 e. The molecule has 0 radical (unpaired) electrons. The molecule has 2 aromatic carbocycles. The second-order valence-corrected chi connectivity index (χ2v) is 9.98. The van der Waals surface area contributed by atoms with Gasteiger partial charge in [0.05, 0.1) is 18.8 Å². The third-order valence-electron chi connectivity index (χ3n) is 5.71. The maximum absolute atomic E-state index is 14.5. The summed E-state index contributed by atoms with van der Waals surface area (Å²) < 4.78 is 48.7. The summed E-state index contributed by atoms with van der Waals surface area (Å²) in [7, 11) is -4.04. The van der Waals surface area contributed by atoms with Gasteiger partial charge < -0.3 is 14.6 Å². The lowest BCUT2D eigenvalue weighted by Crippen LogP contribution is -2.40. The summed E-state index contributed by atoms with van der Waals surface area (Å²) in [5.74, 6) is -1.26. The van der Waals surface area contributed by atoms with Gasteiger partial charge in [0.25, 0.3) is 5.91 Å². The number of aryl methyl sites for hydroxylation is 2. The van der Waals surface area contributed by atoms with E-state index >= 15 is 0 Å². The van der Waals surface area contributed by atoms with Crippen molar-refractivity contribution in [3.63, 3.8) is 0 Å². The van der Waals surface area contributed by atoms with Gasteiger partial charge in [0, 0.05) is 35.9 Å². The van der Waals surface area contributed by atoms with E-state index < -0.39 is 26.6 Å². The van der Waals surface area contributed by atoms with Gasteiger partial charge in [0.1, 0.15) is 10.7 Å². The molecule has 2 heterocycles. The Kier molecular flexibility index (Phi) is 6.38. The van der Waals surface area contributed by atoms with E-state index in [1.807, 2.05) is 49.6 Å². The molecule has 1 saturated heterocycles. The van der Waals surface area contributed by atoms with Crippen LogP contribution in [0, 0.1) is 26.6 Å². The first-order valence-corrected chi connectivity index (χ1v) is 12.1. The number of ether oxygens (including phenoxy) is 1. The van der Waals surface area contributed by atoms with Gasteiger partial charge in [0.2, 0.25) is 10.0 Å². The molecule has 1 aliphatic heterocycles. The number of nitrogens with zero attached hydrogens (tertiary/aromatic N) is 2. The molecule has 1 fully saturated rings. The van der Waals surface area contributed by atoms with E-state index in [1.54, 1.807) is 6.07 Å². The highest BCUT2D eigenvalue weighted by molar-refractivity contribution is 7.89. The third-order valence-corrected chi connectivity index (χ3v) is 7.63.